The molecule has 1 nitrogen and oxygen atoms in total. The van der Waals surface area contributed by atoms with E-state index in [-0.39, 0.29) is 11.0 Å². The highest BCUT2D eigenvalue weighted by Crippen LogP contribution is 2.37. The van der Waals surface area contributed by atoms with Crippen molar-refractivity contribution in [2.45, 2.75) is 53.5 Å². The Hall–Kier alpha value is -0.0400. The van der Waals surface area contributed by atoms with Crippen molar-refractivity contribution in [3.8, 4) is 0 Å². The molecule has 0 heterocycles. The van der Waals surface area contributed by atoms with Crippen molar-refractivity contribution < 1.29 is 0 Å². The standard InChI is InChI=1S/C10H23N/c1-7-10(6,11)9(4,5)8(2)3/h8H,7,11H2,1-6H3. The van der Waals surface area contributed by atoms with Crippen molar-refractivity contribution in [2.75, 3.05) is 0 Å². The molecule has 0 spiro atoms. The van der Waals surface area contributed by atoms with Gasteiger partial charge in [0.25, 0.3) is 0 Å². The predicted molar refractivity (Wildman–Crippen MR) is 51.5 cm³/mol. The van der Waals surface area contributed by atoms with Crippen LogP contribution in [0.1, 0.15) is 48.0 Å². The molecule has 0 amide bonds. The van der Waals surface area contributed by atoms with Crippen LogP contribution in [0.3, 0.4) is 0 Å². The molecule has 1 heteroatoms. The summed E-state index contributed by atoms with van der Waals surface area (Å²) in [6.07, 6.45) is 1.04. The third-order valence-corrected chi connectivity index (χ3v) is 3.65. The Balaban J connectivity index is 4.53. The van der Waals surface area contributed by atoms with Crippen molar-refractivity contribution in [3.63, 3.8) is 0 Å². The molecular weight excluding hydrogens is 134 g/mol. The van der Waals surface area contributed by atoms with Crippen LogP contribution in [-0.4, -0.2) is 5.54 Å². The van der Waals surface area contributed by atoms with Gasteiger partial charge in [-0.05, 0) is 24.7 Å². The molecule has 1 unspecified atom stereocenters. The summed E-state index contributed by atoms with van der Waals surface area (Å²) in [6, 6.07) is 0. The quantitative estimate of drug-likeness (QED) is 0.670. The lowest BCUT2D eigenvalue weighted by atomic mass is 9.66. The molecule has 0 aliphatic heterocycles. The number of hydrogen-bond acceptors (Lipinski definition) is 1. The van der Waals surface area contributed by atoms with Gasteiger partial charge in [-0.3, -0.25) is 0 Å². The summed E-state index contributed by atoms with van der Waals surface area (Å²) >= 11 is 0. The van der Waals surface area contributed by atoms with Crippen LogP contribution in [0.4, 0.5) is 0 Å². The Labute approximate surface area is 71.4 Å². The maximum absolute atomic E-state index is 6.19. The van der Waals surface area contributed by atoms with Gasteiger partial charge in [-0.2, -0.15) is 0 Å². The number of nitrogens with two attached hydrogens (primary N) is 1. The Morgan fingerprint density at radius 2 is 1.55 bits per heavy atom. The van der Waals surface area contributed by atoms with Crippen molar-refractivity contribution >= 4 is 0 Å². The van der Waals surface area contributed by atoms with Gasteiger partial charge in [-0.1, -0.05) is 34.6 Å². The molecule has 0 aliphatic rings. The van der Waals surface area contributed by atoms with E-state index in [9.17, 15) is 0 Å². The topological polar surface area (TPSA) is 26.0 Å². The van der Waals surface area contributed by atoms with E-state index in [1.165, 1.54) is 0 Å². The van der Waals surface area contributed by atoms with Crippen LogP contribution in [0.15, 0.2) is 0 Å². The molecule has 0 aliphatic carbocycles. The maximum Gasteiger partial charge on any atom is 0.0177 e. The van der Waals surface area contributed by atoms with Crippen molar-refractivity contribution in [1.82, 2.24) is 0 Å². The summed E-state index contributed by atoms with van der Waals surface area (Å²) in [4.78, 5) is 0. The van der Waals surface area contributed by atoms with Crippen molar-refractivity contribution in [2.24, 2.45) is 17.1 Å². The van der Waals surface area contributed by atoms with Gasteiger partial charge in [-0.25, -0.2) is 0 Å². The molecule has 0 bridgehead atoms. The molecule has 0 saturated carbocycles. The first-order valence-corrected chi connectivity index (χ1v) is 4.54. The molecule has 0 rings (SSSR count). The SMILES string of the molecule is CCC(C)(N)C(C)(C)C(C)C. The van der Waals surface area contributed by atoms with Crippen LogP contribution in [0.25, 0.3) is 0 Å². The highest BCUT2D eigenvalue weighted by molar-refractivity contribution is 4.94. The van der Waals surface area contributed by atoms with Crippen LogP contribution < -0.4 is 5.73 Å². The van der Waals surface area contributed by atoms with E-state index in [1.54, 1.807) is 0 Å². The summed E-state index contributed by atoms with van der Waals surface area (Å²) < 4.78 is 0. The van der Waals surface area contributed by atoms with Gasteiger partial charge < -0.3 is 5.73 Å². The van der Waals surface area contributed by atoms with Crippen LogP contribution in [0.2, 0.25) is 0 Å². The average Bonchev–Trinajstić information content (AvgIpc) is 1.87. The normalized spacial score (nSPS) is 18.5. The molecule has 0 aromatic heterocycles. The minimum absolute atomic E-state index is 0.0405. The van der Waals surface area contributed by atoms with Crippen LogP contribution in [-0.2, 0) is 0 Å². The fraction of sp³-hybridized carbons (Fsp3) is 1.00. The number of rotatable bonds is 3. The lowest BCUT2D eigenvalue weighted by molar-refractivity contribution is 0.112. The smallest absolute Gasteiger partial charge is 0.0177 e. The maximum atomic E-state index is 6.19. The van der Waals surface area contributed by atoms with Gasteiger partial charge in [0.2, 0.25) is 0 Å². The van der Waals surface area contributed by atoms with E-state index >= 15 is 0 Å². The van der Waals surface area contributed by atoms with Gasteiger partial charge >= 0.3 is 0 Å². The van der Waals surface area contributed by atoms with Crippen molar-refractivity contribution in [3.05, 3.63) is 0 Å². The summed E-state index contributed by atoms with van der Waals surface area (Å²) in [5.41, 5.74) is 6.38. The number of hydrogen-bond donors (Lipinski definition) is 1. The van der Waals surface area contributed by atoms with Gasteiger partial charge in [0.15, 0.2) is 0 Å². The fourth-order valence-corrected chi connectivity index (χ4v) is 1.12. The van der Waals surface area contributed by atoms with Gasteiger partial charge in [0.1, 0.15) is 0 Å². The van der Waals surface area contributed by atoms with E-state index in [0.717, 1.165) is 6.42 Å². The van der Waals surface area contributed by atoms with E-state index in [0.29, 0.717) is 5.92 Å². The minimum Gasteiger partial charge on any atom is -0.325 e. The van der Waals surface area contributed by atoms with E-state index in [1.807, 2.05) is 0 Å². The molecule has 2 N–H and O–H groups in total. The second kappa shape index (κ2) is 3.14. The second-order valence-electron chi connectivity index (χ2n) is 4.65. The van der Waals surface area contributed by atoms with E-state index in [4.69, 9.17) is 5.73 Å². The predicted octanol–water partition coefficient (Wildman–Crippen LogP) is 2.80. The Kier molecular flexibility index (Phi) is 3.13. The largest absolute Gasteiger partial charge is 0.325 e. The lowest BCUT2D eigenvalue weighted by Crippen LogP contribution is -2.52. The van der Waals surface area contributed by atoms with E-state index < -0.39 is 0 Å². The molecule has 0 aromatic carbocycles. The molecule has 1 atom stereocenters. The van der Waals surface area contributed by atoms with Crippen molar-refractivity contribution in [1.29, 1.82) is 0 Å². The summed E-state index contributed by atoms with van der Waals surface area (Å²) in [6.45, 7) is 13.3. The van der Waals surface area contributed by atoms with Gasteiger partial charge in [0.05, 0.1) is 0 Å². The summed E-state index contributed by atoms with van der Waals surface area (Å²) in [5, 5.41) is 0. The van der Waals surface area contributed by atoms with Crippen LogP contribution in [0, 0.1) is 11.3 Å². The third-order valence-electron chi connectivity index (χ3n) is 3.65. The van der Waals surface area contributed by atoms with Gasteiger partial charge in [0, 0.05) is 5.54 Å². The van der Waals surface area contributed by atoms with E-state index in [2.05, 4.69) is 41.5 Å². The molecule has 0 saturated heterocycles. The molecule has 68 valence electrons. The zero-order valence-electron chi connectivity index (χ0n) is 8.86. The van der Waals surface area contributed by atoms with Crippen LogP contribution in [0.5, 0.6) is 0 Å². The first kappa shape index (κ1) is 11.0. The molecule has 0 radical (unpaired) electrons. The first-order valence-electron chi connectivity index (χ1n) is 4.54. The first-order chi connectivity index (χ1) is 4.75. The zero-order valence-corrected chi connectivity index (χ0v) is 8.86. The average molecular weight is 157 g/mol. The second-order valence-corrected chi connectivity index (χ2v) is 4.65. The zero-order chi connectivity index (χ0) is 9.28. The molecule has 0 fully saturated rings. The molecule has 0 aromatic rings. The highest BCUT2D eigenvalue weighted by atomic mass is 14.8. The van der Waals surface area contributed by atoms with Gasteiger partial charge in [-0.15, -0.1) is 0 Å². The minimum atomic E-state index is -0.0405. The fourth-order valence-electron chi connectivity index (χ4n) is 1.12. The third kappa shape index (κ3) is 1.96. The highest BCUT2D eigenvalue weighted by Gasteiger charge is 2.38. The Bertz CT molecular complexity index is 123. The van der Waals surface area contributed by atoms with Crippen LogP contribution >= 0.6 is 0 Å². The lowest BCUT2D eigenvalue weighted by Gasteiger charge is -2.44. The Morgan fingerprint density at radius 3 is 1.64 bits per heavy atom. The summed E-state index contributed by atoms with van der Waals surface area (Å²) in [7, 11) is 0. The summed E-state index contributed by atoms with van der Waals surface area (Å²) in [5.74, 6) is 0.637. The Morgan fingerprint density at radius 1 is 1.18 bits per heavy atom. The molecule has 11 heavy (non-hydrogen) atoms. The molecular formula is C10H23N. The monoisotopic (exact) mass is 157 g/mol.